The summed E-state index contributed by atoms with van der Waals surface area (Å²) in [5.74, 6) is -0.110. The van der Waals surface area contributed by atoms with E-state index in [2.05, 4.69) is 5.32 Å². The first-order chi connectivity index (χ1) is 10.1. The van der Waals surface area contributed by atoms with E-state index < -0.39 is 5.97 Å². The third-order valence-electron chi connectivity index (χ3n) is 3.96. The summed E-state index contributed by atoms with van der Waals surface area (Å²) >= 11 is 0. The lowest BCUT2D eigenvalue weighted by Gasteiger charge is -2.28. The van der Waals surface area contributed by atoms with Crippen LogP contribution in [0.5, 0.6) is 5.75 Å². The molecular formula is C15H18N2O4. The number of hydrogen-bond donors (Lipinski definition) is 1. The number of nitrogens with zero attached hydrogens (tertiary/aromatic N) is 1. The maximum absolute atomic E-state index is 12.7. The fourth-order valence-corrected chi connectivity index (χ4v) is 3.07. The summed E-state index contributed by atoms with van der Waals surface area (Å²) < 4.78 is 10.7. The number of esters is 1. The second kappa shape index (κ2) is 5.37. The van der Waals surface area contributed by atoms with E-state index in [0.717, 1.165) is 19.4 Å². The minimum atomic E-state index is -0.420. The number of anilines is 1. The molecule has 6 heteroatoms. The SMILES string of the molecule is COC1Nc2c(OC(C)=O)cccc2C(=O)N2CCCC12. The van der Waals surface area contributed by atoms with E-state index in [4.69, 9.17) is 9.47 Å². The highest BCUT2D eigenvalue weighted by atomic mass is 16.5. The van der Waals surface area contributed by atoms with Gasteiger partial charge in [-0.15, -0.1) is 0 Å². The number of carbonyl (C=O) groups excluding carboxylic acids is 2. The van der Waals surface area contributed by atoms with Crippen molar-refractivity contribution in [3.05, 3.63) is 23.8 Å². The Morgan fingerprint density at radius 2 is 2.24 bits per heavy atom. The Hall–Kier alpha value is -2.08. The van der Waals surface area contributed by atoms with E-state index in [1.807, 2.05) is 4.90 Å². The largest absolute Gasteiger partial charge is 0.424 e. The molecule has 2 heterocycles. The van der Waals surface area contributed by atoms with E-state index >= 15 is 0 Å². The number of nitrogens with one attached hydrogen (secondary N) is 1. The molecule has 3 rings (SSSR count). The van der Waals surface area contributed by atoms with Gasteiger partial charge < -0.3 is 19.7 Å². The van der Waals surface area contributed by atoms with Crippen LogP contribution in [0.1, 0.15) is 30.1 Å². The summed E-state index contributed by atoms with van der Waals surface area (Å²) in [6.07, 6.45) is 1.56. The molecular weight excluding hydrogens is 272 g/mol. The molecule has 0 aromatic heterocycles. The average molecular weight is 290 g/mol. The summed E-state index contributed by atoms with van der Waals surface area (Å²) in [5, 5.41) is 3.22. The first-order valence-electron chi connectivity index (χ1n) is 7.03. The second-order valence-corrected chi connectivity index (χ2v) is 5.28. The van der Waals surface area contributed by atoms with Gasteiger partial charge in [0.05, 0.1) is 17.3 Å². The number of hydrogen-bond acceptors (Lipinski definition) is 5. The third-order valence-corrected chi connectivity index (χ3v) is 3.96. The van der Waals surface area contributed by atoms with E-state index in [1.54, 1.807) is 25.3 Å². The van der Waals surface area contributed by atoms with Crippen LogP contribution in [0, 0.1) is 0 Å². The van der Waals surface area contributed by atoms with Crippen LogP contribution >= 0.6 is 0 Å². The normalized spacial score (nSPS) is 23.9. The number of ether oxygens (including phenoxy) is 2. The zero-order chi connectivity index (χ0) is 15.0. The smallest absolute Gasteiger partial charge is 0.308 e. The molecule has 1 aromatic rings. The van der Waals surface area contributed by atoms with Crippen LogP contribution in [-0.4, -0.2) is 42.7 Å². The number of rotatable bonds is 2. The maximum atomic E-state index is 12.7. The van der Waals surface area contributed by atoms with Gasteiger partial charge in [0.2, 0.25) is 0 Å². The molecule has 0 spiro atoms. The molecule has 1 saturated heterocycles. The fraction of sp³-hybridized carbons (Fsp3) is 0.467. The molecule has 112 valence electrons. The first kappa shape index (κ1) is 13.9. The van der Waals surface area contributed by atoms with Crippen LogP contribution in [0.4, 0.5) is 5.69 Å². The Labute approximate surface area is 123 Å². The molecule has 1 amide bonds. The lowest BCUT2D eigenvalue weighted by Crippen LogP contribution is -2.44. The Morgan fingerprint density at radius 3 is 2.95 bits per heavy atom. The zero-order valence-electron chi connectivity index (χ0n) is 12.1. The van der Waals surface area contributed by atoms with Crippen LogP contribution in [-0.2, 0) is 9.53 Å². The molecule has 6 nitrogen and oxygen atoms in total. The van der Waals surface area contributed by atoms with Gasteiger partial charge in [-0.1, -0.05) is 6.07 Å². The third kappa shape index (κ3) is 2.35. The number of fused-ring (bicyclic) bond motifs is 2. The van der Waals surface area contributed by atoms with Crippen molar-refractivity contribution < 1.29 is 19.1 Å². The lowest BCUT2D eigenvalue weighted by atomic mass is 10.1. The van der Waals surface area contributed by atoms with Crippen LogP contribution in [0.2, 0.25) is 0 Å². The number of methoxy groups -OCH3 is 1. The molecule has 0 bridgehead atoms. The molecule has 2 aliphatic heterocycles. The van der Waals surface area contributed by atoms with Crippen molar-refractivity contribution >= 4 is 17.6 Å². The van der Waals surface area contributed by atoms with Gasteiger partial charge in [0, 0.05) is 20.6 Å². The molecule has 1 N–H and O–H groups in total. The van der Waals surface area contributed by atoms with Gasteiger partial charge in [-0.25, -0.2) is 0 Å². The summed E-state index contributed by atoms with van der Waals surface area (Å²) in [7, 11) is 1.61. The van der Waals surface area contributed by atoms with Crippen molar-refractivity contribution in [1.29, 1.82) is 0 Å². The number of benzene rings is 1. The summed E-state index contributed by atoms with van der Waals surface area (Å²) in [6, 6.07) is 5.13. The lowest BCUT2D eigenvalue weighted by molar-refractivity contribution is -0.131. The molecule has 0 aliphatic carbocycles. The van der Waals surface area contributed by atoms with E-state index in [1.165, 1.54) is 6.92 Å². The maximum Gasteiger partial charge on any atom is 0.308 e. The topological polar surface area (TPSA) is 67.9 Å². The fourth-order valence-electron chi connectivity index (χ4n) is 3.07. The van der Waals surface area contributed by atoms with Gasteiger partial charge >= 0.3 is 5.97 Å². The van der Waals surface area contributed by atoms with E-state index in [0.29, 0.717) is 17.0 Å². The van der Waals surface area contributed by atoms with E-state index in [-0.39, 0.29) is 18.2 Å². The molecule has 2 aliphatic rings. The molecule has 2 atom stereocenters. The molecule has 1 fully saturated rings. The van der Waals surface area contributed by atoms with Crippen LogP contribution in [0.15, 0.2) is 18.2 Å². The van der Waals surface area contributed by atoms with Crippen molar-refractivity contribution in [1.82, 2.24) is 4.90 Å². The van der Waals surface area contributed by atoms with Gasteiger partial charge in [-0.05, 0) is 25.0 Å². The van der Waals surface area contributed by atoms with Crippen molar-refractivity contribution in [2.45, 2.75) is 32.0 Å². The highest BCUT2D eigenvalue weighted by Crippen LogP contribution is 2.36. The predicted molar refractivity (Wildman–Crippen MR) is 76.2 cm³/mol. The van der Waals surface area contributed by atoms with Crippen molar-refractivity contribution in [3.8, 4) is 5.75 Å². The van der Waals surface area contributed by atoms with Gasteiger partial charge in [0.25, 0.3) is 5.91 Å². The average Bonchev–Trinajstić information content (AvgIpc) is 2.89. The van der Waals surface area contributed by atoms with Crippen molar-refractivity contribution in [2.24, 2.45) is 0 Å². The minimum absolute atomic E-state index is 0.0000723. The van der Waals surface area contributed by atoms with Gasteiger partial charge in [-0.2, -0.15) is 0 Å². The van der Waals surface area contributed by atoms with Crippen molar-refractivity contribution in [2.75, 3.05) is 19.0 Å². The number of amides is 1. The van der Waals surface area contributed by atoms with Crippen LogP contribution in [0.3, 0.4) is 0 Å². The second-order valence-electron chi connectivity index (χ2n) is 5.28. The van der Waals surface area contributed by atoms with Gasteiger partial charge in [0.1, 0.15) is 6.23 Å². The Kier molecular flexibility index (Phi) is 3.55. The van der Waals surface area contributed by atoms with E-state index in [9.17, 15) is 9.59 Å². The van der Waals surface area contributed by atoms with Gasteiger partial charge in [-0.3, -0.25) is 9.59 Å². The van der Waals surface area contributed by atoms with Gasteiger partial charge in [0.15, 0.2) is 5.75 Å². The summed E-state index contributed by atoms with van der Waals surface area (Å²) in [5.41, 5.74) is 1.04. The summed E-state index contributed by atoms with van der Waals surface area (Å²) in [6.45, 7) is 2.06. The molecule has 1 aromatic carbocycles. The highest BCUT2D eigenvalue weighted by molar-refractivity contribution is 6.02. The molecule has 0 saturated carbocycles. The Balaban J connectivity index is 2.07. The quantitative estimate of drug-likeness (QED) is 0.662. The summed E-state index contributed by atoms with van der Waals surface area (Å²) in [4.78, 5) is 25.8. The predicted octanol–water partition coefficient (Wildman–Crippen LogP) is 1.61. The van der Waals surface area contributed by atoms with Crippen LogP contribution in [0.25, 0.3) is 0 Å². The van der Waals surface area contributed by atoms with Crippen molar-refractivity contribution in [3.63, 3.8) is 0 Å². The number of para-hydroxylation sites is 1. The monoisotopic (exact) mass is 290 g/mol. The number of carbonyl (C=O) groups is 2. The Bertz CT molecular complexity index is 587. The Morgan fingerprint density at radius 1 is 1.43 bits per heavy atom. The molecule has 2 unspecified atom stereocenters. The standard InChI is InChI=1S/C15H18N2O4/c1-9(18)21-12-7-3-5-10-13(12)16-14(20-2)11-6-4-8-17(11)15(10)19/h3,5,7,11,14,16H,4,6,8H2,1-2H3. The highest BCUT2D eigenvalue weighted by Gasteiger charge is 2.40. The molecule has 21 heavy (non-hydrogen) atoms. The molecule has 0 radical (unpaired) electrons. The first-order valence-corrected chi connectivity index (χ1v) is 7.03. The van der Waals surface area contributed by atoms with Crippen LogP contribution < -0.4 is 10.1 Å². The minimum Gasteiger partial charge on any atom is -0.424 e. The zero-order valence-corrected chi connectivity index (χ0v) is 12.1.